The first-order valence-corrected chi connectivity index (χ1v) is 29.8. The fraction of sp³-hybridized carbons (Fsp3) is 0.869. The molecule has 0 aromatic carbocycles. The second-order valence-corrected chi connectivity index (χ2v) is 20.3. The van der Waals surface area contributed by atoms with Gasteiger partial charge in [0.25, 0.3) is 0 Å². The Morgan fingerprint density at radius 2 is 0.746 bits per heavy atom. The van der Waals surface area contributed by atoms with Gasteiger partial charge in [-0.25, -0.2) is 0 Å². The van der Waals surface area contributed by atoms with Gasteiger partial charge in [-0.05, 0) is 70.6 Å². The molecule has 0 saturated heterocycles. The van der Waals surface area contributed by atoms with Gasteiger partial charge in [0.2, 0.25) is 5.91 Å². The van der Waals surface area contributed by atoms with Crippen LogP contribution in [-0.2, 0) is 14.3 Å². The van der Waals surface area contributed by atoms with E-state index in [0.29, 0.717) is 19.4 Å². The van der Waals surface area contributed by atoms with Gasteiger partial charge in [0.1, 0.15) is 0 Å². The monoisotopic (exact) mass is 942 g/mol. The number of esters is 1. The van der Waals surface area contributed by atoms with Crippen LogP contribution in [0.3, 0.4) is 0 Å². The summed E-state index contributed by atoms with van der Waals surface area (Å²) < 4.78 is 5.44. The van der Waals surface area contributed by atoms with Crippen LogP contribution in [0.1, 0.15) is 316 Å². The molecule has 0 aliphatic rings. The smallest absolute Gasteiger partial charge is 0.305 e. The Morgan fingerprint density at radius 3 is 1.13 bits per heavy atom. The number of carbonyl (C=O) groups excluding carboxylic acids is 2. The second-order valence-electron chi connectivity index (χ2n) is 20.3. The first-order valence-electron chi connectivity index (χ1n) is 29.8. The summed E-state index contributed by atoms with van der Waals surface area (Å²) in [6.07, 6.45) is 70.3. The summed E-state index contributed by atoms with van der Waals surface area (Å²) in [6, 6.07) is -0.641. The molecule has 0 saturated carbocycles. The largest absolute Gasteiger partial charge is 0.466 e. The van der Waals surface area contributed by atoms with E-state index in [1.54, 1.807) is 6.08 Å². The lowest BCUT2D eigenvalue weighted by Gasteiger charge is -2.20. The molecule has 6 nitrogen and oxygen atoms in total. The maximum absolute atomic E-state index is 12.5. The fourth-order valence-corrected chi connectivity index (χ4v) is 9.08. The molecule has 0 aliphatic carbocycles. The lowest BCUT2D eigenvalue weighted by molar-refractivity contribution is -0.143. The van der Waals surface area contributed by atoms with E-state index < -0.39 is 12.1 Å². The average Bonchev–Trinajstić information content (AvgIpc) is 3.33. The normalized spacial score (nSPS) is 12.8. The zero-order chi connectivity index (χ0) is 48.6. The van der Waals surface area contributed by atoms with Crippen molar-refractivity contribution in [2.45, 2.75) is 328 Å². The van der Waals surface area contributed by atoms with Gasteiger partial charge in [-0.2, -0.15) is 0 Å². The van der Waals surface area contributed by atoms with Crippen LogP contribution < -0.4 is 5.32 Å². The number of unbranched alkanes of at least 4 members (excludes halogenated alkanes) is 40. The Labute approximate surface area is 417 Å². The molecule has 2 unspecified atom stereocenters. The summed E-state index contributed by atoms with van der Waals surface area (Å²) in [5.41, 5.74) is 0. The maximum Gasteiger partial charge on any atom is 0.305 e. The number of carbonyl (C=O) groups is 2. The van der Waals surface area contributed by atoms with Crippen molar-refractivity contribution in [3.05, 3.63) is 36.5 Å². The lowest BCUT2D eigenvalue weighted by atomic mass is 10.0. The Morgan fingerprint density at radius 1 is 0.418 bits per heavy atom. The van der Waals surface area contributed by atoms with Crippen molar-refractivity contribution >= 4 is 11.9 Å². The quantitative estimate of drug-likeness (QED) is 0.0321. The van der Waals surface area contributed by atoms with Crippen LogP contribution in [0.4, 0.5) is 0 Å². The number of allylic oxidation sites excluding steroid dienone is 5. The van der Waals surface area contributed by atoms with Gasteiger partial charge in [-0.3, -0.25) is 9.59 Å². The summed E-state index contributed by atoms with van der Waals surface area (Å²) in [7, 11) is 0. The number of hydrogen-bond acceptors (Lipinski definition) is 5. The number of hydrogen-bond donors (Lipinski definition) is 3. The van der Waals surface area contributed by atoms with Gasteiger partial charge < -0.3 is 20.3 Å². The minimum atomic E-state index is -0.856. The predicted octanol–water partition coefficient (Wildman–Crippen LogP) is 18.4. The van der Waals surface area contributed by atoms with Gasteiger partial charge in [0.05, 0.1) is 25.4 Å². The van der Waals surface area contributed by atoms with E-state index >= 15 is 0 Å². The Balaban J connectivity index is 3.53. The van der Waals surface area contributed by atoms with Crippen LogP contribution in [0.2, 0.25) is 0 Å². The van der Waals surface area contributed by atoms with Crippen LogP contribution >= 0.6 is 0 Å². The second kappa shape index (κ2) is 56.7. The third-order valence-electron chi connectivity index (χ3n) is 13.7. The number of aliphatic hydroxyl groups excluding tert-OH is 2. The van der Waals surface area contributed by atoms with Crippen LogP contribution in [0.5, 0.6) is 0 Å². The van der Waals surface area contributed by atoms with E-state index in [-0.39, 0.29) is 18.5 Å². The maximum atomic E-state index is 12.5. The molecule has 394 valence electrons. The number of aliphatic hydroxyl groups is 2. The summed E-state index contributed by atoms with van der Waals surface area (Å²) in [4.78, 5) is 24.5. The molecule has 0 radical (unpaired) electrons. The van der Waals surface area contributed by atoms with Crippen molar-refractivity contribution in [3.63, 3.8) is 0 Å². The molecule has 3 N–H and O–H groups in total. The van der Waals surface area contributed by atoms with Gasteiger partial charge in [0, 0.05) is 12.8 Å². The van der Waals surface area contributed by atoms with E-state index in [9.17, 15) is 19.8 Å². The van der Waals surface area contributed by atoms with E-state index in [1.165, 1.54) is 205 Å². The van der Waals surface area contributed by atoms with Crippen LogP contribution in [-0.4, -0.2) is 47.4 Å². The molecule has 0 heterocycles. The van der Waals surface area contributed by atoms with Crippen molar-refractivity contribution in [2.75, 3.05) is 13.2 Å². The average molecular weight is 943 g/mol. The van der Waals surface area contributed by atoms with E-state index in [2.05, 4.69) is 43.5 Å². The zero-order valence-corrected chi connectivity index (χ0v) is 44.9. The summed E-state index contributed by atoms with van der Waals surface area (Å²) in [6.45, 7) is 4.87. The highest BCUT2D eigenvalue weighted by atomic mass is 16.5. The van der Waals surface area contributed by atoms with Gasteiger partial charge in [-0.15, -0.1) is 0 Å². The third kappa shape index (κ3) is 53.3. The van der Waals surface area contributed by atoms with Gasteiger partial charge >= 0.3 is 5.97 Å². The molecule has 0 aromatic rings. The summed E-state index contributed by atoms with van der Waals surface area (Å²) >= 11 is 0. The van der Waals surface area contributed by atoms with Crippen molar-refractivity contribution in [2.24, 2.45) is 0 Å². The number of ether oxygens (including phenoxy) is 1. The first kappa shape index (κ1) is 65.1. The standard InChI is InChI=1S/C61H115NO5/c1-3-5-7-9-11-13-15-17-18-19-20-21-22-24-27-30-33-37-41-45-49-53-59(64)58(57-63)62-60(65)54-50-46-42-38-34-31-28-25-23-26-29-32-36-40-44-48-52-56-67-61(66)55-51-47-43-39-35-16-14-12-10-8-6-4-2/h23,26,32,36,49,53,58-59,63-64H,3-22,24-25,27-31,33-35,37-48,50-52,54-57H2,1-2H3,(H,62,65)/b26-23-,36-32-,53-49+. The van der Waals surface area contributed by atoms with Gasteiger partial charge in [-0.1, -0.05) is 269 Å². The molecular formula is C61H115NO5. The highest BCUT2D eigenvalue weighted by Gasteiger charge is 2.18. The Bertz CT molecular complexity index is 1090. The van der Waals surface area contributed by atoms with E-state index in [1.807, 2.05) is 6.08 Å². The zero-order valence-electron chi connectivity index (χ0n) is 44.9. The Kier molecular flexibility index (Phi) is 55.0. The minimum Gasteiger partial charge on any atom is -0.466 e. The highest BCUT2D eigenvalue weighted by molar-refractivity contribution is 5.76. The molecule has 0 bridgehead atoms. The molecular weight excluding hydrogens is 827 g/mol. The highest BCUT2D eigenvalue weighted by Crippen LogP contribution is 2.17. The molecule has 67 heavy (non-hydrogen) atoms. The lowest BCUT2D eigenvalue weighted by Crippen LogP contribution is -2.45. The SMILES string of the molecule is CCCCCCCCCCCCCCCCCCCCC/C=C/C(O)C(CO)NC(=O)CCCCCCCCC/C=C\C/C=C\CCCCCOC(=O)CCCCCCCCCCCCCC. The number of nitrogens with one attached hydrogen (secondary N) is 1. The van der Waals surface area contributed by atoms with Crippen molar-refractivity contribution in [1.29, 1.82) is 0 Å². The van der Waals surface area contributed by atoms with E-state index in [0.717, 1.165) is 83.5 Å². The Hall–Kier alpha value is -1.92. The predicted molar refractivity (Wildman–Crippen MR) is 292 cm³/mol. The molecule has 0 spiro atoms. The van der Waals surface area contributed by atoms with Crippen LogP contribution in [0.25, 0.3) is 0 Å². The van der Waals surface area contributed by atoms with Crippen molar-refractivity contribution in [3.8, 4) is 0 Å². The summed E-state index contributed by atoms with van der Waals surface area (Å²) in [5.74, 6) is -0.0976. The molecule has 0 aliphatic heterocycles. The van der Waals surface area contributed by atoms with Crippen molar-refractivity contribution in [1.82, 2.24) is 5.32 Å². The topological polar surface area (TPSA) is 95.9 Å². The molecule has 6 heteroatoms. The van der Waals surface area contributed by atoms with Crippen LogP contribution in [0.15, 0.2) is 36.5 Å². The summed E-state index contributed by atoms with van der Waals surface area (Å²) in [5, 5.41) is 23.2. The molecule has 2 atom stereocenters. The number of rotatable bonds is 55. The molecule has 0 fully saturated rings. The van der Waals surface area contributed by atoms with E-state index in [4.69, 9.17) is 4.74 Å². The molecule has 0 aromatic heterocycles. The molecule has 1 amide bonds. The minimum absolute atomic E-state index is 0.0156. The molecule has 0 rings (SSSR count). The van der Waals surface area contributed by atoms with Crippen LogP contribution in [0, 0.1) is 0 Å². The fourth-order valence-electron chi connectivity index (χ4n) is 9.08. The van der Waals surface area contributed by atoms with Crippen molar-refractivity contribution < 1.29 is 24.5 Å². The number of amides is 1. The first-order chi connectivity index (χ1) is 33.0. The third-order valence-corrected chi connectivity index (χ3v) is 13.7. The van der Waals surface area contributed by atoms with Gasteiger partial charge in [0.15, 0.2) is 0 Å².